The Morgan fingerprint density at radius 1 is 1.17 bits per heavy atom. The van der Waals surface area contributed by atoms with Crippen molar-refractivity contribution in [2.24, 2.45) is 0 Å². The van der Waals surface area contributed by atoms with Gasteiger partial charge in [-0.15, -0.1) is 11.3 Å². The molecule has 0 saturated carbocycles. The number of thiazole rings is 1. The van der Waals surface area contributed by atoms with E-state index in [-0.39, 0.29) is 5.91 Å². The third-order valence-corrected chi connectivity index (χ3v) is 4.91. The van der Waals surface area contributed by atoms with E-state index in [0.29, 0.717) is 6.42 Å². The molecule has 7 heteroatoms. The lowest BCUT2D eigenvalue weighted by molar-refractivity contribution is -0.130. The highest BCUT2D eigenvalue weighted by molar-refractivity contribution is 7.15. The van der Waals surface area contributed by atoms with E-state index in [9.17, 15) is 4.79 Å². The van der Waals surface area contributed by atoms with E-state index < -0.39 is 0 Å². The van der Waals surface area contributed by atoms with Gasteiger partial charge in [0.15, 0.2) is 4.96 Å². The molecule has 0 aliphatic carbocycles. The number of nitrogens with zero attached hydrogens (tertiary/aromatic N) is 5. The molecule has 23 heavy (non-hydrogen) atoms. The highest BCUT2D eigenvalue weighted by Gasteiger charge is 2.22. The molecule has 0 aromatic carbocycles. The molecule has 0 unspecified atom stereocenters. The van der Waals surface area contributed by atoms with E-state index in [1.54, 1.807) is 23.7 Å². The van der Waals surface area contributed by atoms with Gasteiger partial charge in [0.2, 0.25) is 5.91 Å². The number of carbonyl (C=O) groups excluding carboxylic acids is 1. The van der Waals surface area contributed by atoms with E-state index in [0.717, 1.165) is 36.8 Å². The molecule has 0 atom stereocenters. The highest BCUT2D eigenvalue weighted by atomic mass is 32.1. The first-order valence-electron chi connectivity index (χ1n) is 7.63. The van der Waals surface area contributed by atoms with Gasteiger partial charge in [0.25, 0.3) is 0 Å². The van der Waals surface area contributed by atoms with Gasteiger partial charge in [-0.1, -0.05) is 0 Å². The van der Waals surface area contributed by atoms with Gasteiger partial charge in [-0.25, -0.2) is 4.98 Å². The summed E-state index contributed by atoms with van der Waals surface area (Å²) in [7, 11) is 0. The zero-order valence-corrected chi connectivity index (χ0v) is 13.4. The van der Waals surface area contributed by atoms with Crippen molar-refractivity contribution in [3.05, 3.63) is 48.0 Å². The summed E-state index contributed by atoms with van der Waals surface area (Å²) in [6, 6.07) is 4.02. The number of imidazole rings is 1. The molecule has 0 spiro atoms. The Hall–Kier alpha value is -2.41. The molecular weight excluding hydrogens is 310 g/mol. The number of hydrogen-bond acceptors (Lipinski definition) is 5. The summed E-state index contributed by atoms with van der Waals surface area (Å²) in [6.07, 6.45) is 7.89. The Morgan fingerprint density at radius 2 is 1.96 bits per heavy atom. The van der Waals surface area contributed by atoms with Gasteiger partial charge < -0.3 is 9.80 Å². The summed E-state index contributed by atoms with van der Waals surface area (Å²) < 4.78 is 1.97. The summed E-state index contributed by atoms with van der Waals surface area (Å²) in [5.41, 5.74) is 2.01. The lowest BCUT2D eigenvalue weighted by Gasteiger charge is -2.36. The minimum Gasteiger partial charge on any atom is -0.368 e. The minimum absolute atomic E-state index is 0.158. The zero-order valence-electron chi connectivity index (χ0n) is 12.6. The van der Waals surface area contributed by atoms with Gasteiger partial charge in [0.1, 0.15) is 0 Å². The Bertz CT molecular complexity index is 776. The van der Waals surface area contributed by atoms with E-state index in [1.807, 2.05) is 39.2 Å². The summed E-state index contributed by atoms with van der Waals surface area (Å²) in [6.45, 7) is 3.22. The smallest absolute Gasteiger partial charge is 0.228 e. The molecule has 6 nitrogen and oxygen atoms in total. The Balaban J connectivity index is 1.36. The number of piperazine rings is 1. The predicted octanol–water partition coefficient (Wildman–Crippen LogP) is 1.68. The fourth-order valence-electron chi connectivity index (χ4n) is 2.90. The van der Waals surface area contributed by atoms with Crippen molar-refractivity contribution < 1.29 is 4.79 Å². The first-order chi connectivity index (χ1) is 11.3. The normalized spacial score (nSPS) is 15.3. The van der Waals surface area contributed by atoms with Gasteiger partial charge >= 0.3 is 0 Å². The van der Waals surface area contributed by atoms with Crippen molar-refractivity contribution >= 4 is 27.9 Å². The van der Waals surface area contributed by atoms with Crippen LogP contribution in [-0.4, -0.2) is 51.4 Å². The van der Waals surface area contributed by atoms with Gasteiger partial charge in [-0.2, -0.15) is 0 Å². The largest absolute Gasteiger partial charge is 0.368 e. The Labute approximate surface area is 138 Å². The Kier molecular flexibility index (Phi) is 3.70. The molecule has 0 N–H and O–H groups in total. The highest BCUT2D eigenvalue weighted by Crippen LogP contribution is 2.16. The van der Waals surface area contributed by atoms with Crippen LogP contribution in [0.4, 0.5) is 5.69 Å². The third-order valence-electron chi connectivity index (χ3n) is 4.14. The average Bonchev–Trinajstić information content (AvgIpc) is 3.17. The average molecular weight is 327 g/mol. The SMILES string of the molecule is O=C(Cc1cn2ccsc2n1)N1CCN(c2ccncc2)CC1. The molecule has 4 rings (SSSR count). The third kappa shape index (κ3) is 2.92. The van der Waals surface area contributed by atoms with E-state index in [2.05, 4.69) is 14.9 Å². The second kappa shape index (κ2) is 6.00. The van der Waals surface area contributed by atoms with Gasteiger partial charge in [0, 0.05) is 62.0 Å². The molecule has 1 saturated heterocycles. The van der Waals surface area contributed by atoms with Gasteiger partial charge in [-0.05, 0) is 12.1 Å². The predicted molar refractivity (Wildman–Crippen MR) is 89.8 cm³/mol. The van der Waals surface area contributed by atoms with Crippen LogP contribution in [0.3, 0.4) is 0 Å². The lowest BCUT2D eigenvalue weighted by atomic mass is 10.2. The van der Waals surface area contributed by atoms with E-state index >= 15 is 0 Å². The van der Waals surface area contributed by atoms with Crippen molar-refractivity contribution in [1.82, 2.24) is 19.3 Å². The molecule has 118 valence electrons. The van der Waals surface area contributed by atoms with Crippen LogP contribution in [0.2, 0.25) is 0 Å². The lowest BCUT2D eigenvalue weighted by Crippen LogP contribution is -2.49. The van der Waals surface area contributed by atoms with Crippen LogP contribution >= 0.6 is 11.3 Å². The number of fused-ring (bicyclic) bond motifs is 1. The number of anilines is 1. The number of carbonyl (C=O) groups is 1. The second-order valence-corrected chi connectivity index (χ2v) is 6.45. The van der Waals surface area contributed by atoms with Crippen LogP contribution in [-0.2, 0) is 11.2 Å². The molecule has 1 fully saturated rings. The molecule has 0 bridgehead atoms. The van der Waals surface area contributed by atoms with Crippen LogP contribution in [0, 0.1) is 0 Å². The summed E-state index contributed by atoms with van der Waals surface area (Å²) in [5, 5.41) is 1.99. The van der Waals surface area contributed by atoms with E-state index in [4.69, 9.17) is 0 Å². The van der Waals surface area contributed by atoms with Gasteiger partial charge in [0.05, 0.1) is 12.1 Å². The molecule has 1 amide bonds. The molecule has 3 aromatic rings. The number of hydrogen-bond donors (Lipinski definition) is 0. The van der Waals surface area contributed by atoms with Crippen molar-refractivity contribution in [3.8, 4) is 0 Å². The maximum Gasteiger partial charge on any atom is 0.228 e. The number of amides is 1. The van der Waals surface area contributed by atoms with Crippen LogP contribution in [0.1, 0.15) is 5.69 Å². The first kappa shape index (κ1) is 14.2. The molecule has 0 radical (unpaired) electrons. The zero-order chi connectivity index (χ0) is 15.6. The monoisotopic (exact) mass is 327 g/mol. The van der Waals surface area contributed by atoms with Crippen LogP contribution < -0.4 is 4.90 Å². The number of pyridine rings is 1. The number of rotatable bonds is 3. The Morgan fingerprint density at radius 3 is 2.70 bits per heavy atom. The quantitative estimate of drug-likeness (QED) is 0.734. The fourth-order valence-corrected chi connectivity index (χ4v) is 3.62. The van der Waals surface area contributed by atoms with Crippen LogP contribution in [0.15, 0.2) is 42.3 Å². The first-order valence-corrected chi connectivity index (χ1v) is 8.51. The second-order valence-electron chi connectivity index (χ2n) is 5.58. The molecule has 1 aliphatic heterocycles. The molecular formula is C16H17N5OS. The topological polar surface area (TPSA) is 53.7 Å². The minimum atomic E-state index is 0.158. The van der Waals surface area contributed by atoms with Crippen LogP contribution in [0.25, 0.3) is 4.96 Å². The standard InChI is InChI=1S/C16H17N5OS/c22-15(11-13-12-21-9-10-23-16(21)18-13)20-7-5-19(6-8-20)14-1-3-17-4-2-14/h1-4,9-10,12H,5-8,11H2. The van der Waals surface area contributed by atoms with E-state index in [1.165, 1.54) is 5.69 Å². The molecule has 4 heterocycles. The summed E-state index contributed by atoms with van der Waals surface area (Å²) >= 11 is 1.58. The van der Waals surface area contributed by atoms with Crippen molar-refractivity contribution in [2.45, 2.75) is 6.42 Å². The summed E-state index contributed by atoms with van der Waals surface area (Å²) in [5.74, 6) is 0.158. The molecule has 3 aromatic heterocycles. The van der Waals surface area contributed by atoms with Crippen molar-refractivity contribution in [1.29, 1.82) is 0 Å². The molecule has 1 aliphatic rings. The van der Waals surface area contributed by atoms with Gasteiger partial charge in [-0.3, -0.25) is 14.2 Å². The summed E-state index contributed by atoms with van der Waals surface area (Å²) in [4.78, 5) is 26.2. The maximum atomic E-state index is 12.5. The van der Waals surface area contributed by atoms with Crippen molar-refractivity contribution in [2.75, 3.05) is 31.1 Å². The fraction of sp³-hybridized carbons (Fsp3) is 0.312. The number of aromatic nitrogens is 3. The van der Waals surface area contributed by atoms with Crippen molar-refractivity contribution in [3.63, 3.8) is 0 Å². The maximum absolute atomic E-state index is 12.5. The van der Waals surface area contributed by atoms with Crippen LogP contribution in [0.5, 0.6) is 0 Å².